The van der Waals surface area contributed by atoms with E-state index < -0.39 is 55.0 Å². The largest absolute Gasteiger partial charge is 0.471 e. The van der Waals surface area contributed by atoms with Crippen LogP contribution >= 0.6 is 23.2 Å². The third kappa shape index (κ3) is 8.24. The van der Waals surface area contributed by atoms with E-state index in [0.717, 1.165) is 0 Å². The molecule has 0 radical (unpaired) electrons. The second-order valence-corrected chi connectivity index (χ2v) is 11.0. The molecule has 234 valence electrons. The molecule has 4 N–H and O–H groups in total. The number of aliphatic hydroxyl groups is 1. The average Bonchev–Trinajstić information content (AvgIpc) is 3.34. The fourth-order valence-corrected chi connectivity index (χ4v) is 5.27. The van der Waals surface area contributed by atoms with E-state index in [1.54, 1.807) is 12.1 Å². The quantitative estimate of drug-likeness (QED) is 0.263. The summed E-state index contributed by atoms with van der Waals surface area (Å²) in [4.78, 5) is 33.4. The van der Waals surface area contributed by atoms with Crippen molar-refractivity contribution >= 4 is 52.4 Å². The van der Waals surface area contributed by atoms with Gasteiger partial charge in [0, 0.05) is 24.6 Å². The third-order valence-electron chi connectivity index (χ3n) is 7.03. The Bertz CT molecular complexity index is 1400. The smallest absolute Gasteiger partial charge is 0.391 e. The van der Waals surface area contributed by atoms with E-state index in [1.165, 1.54) is 13.0 Å². The van der Waals surface area contributed by atoms with Gasteiger partial charge in [0.25, 0.3) is 12.3 Å². The lowest BCUT2D eigenvalue weighted by Gasteiger charge is -2.30. The maximum absolute atomic E-state index is 13.1. The van der Waals surface area contributed by atoms with Gasteiger partial charge in [0.15, 0.2) is 12.4 Å². The predicted molar refractivity (Wildman–Crippen MR) is 149 cm³/mol. The number of fused-ring (bicyclic) bond motifs is 1. The summed E-state index contributed by atoms with van der Waals surface area (Å²) in [5, 5.41) is 18.0. The first-order valence-corrected chi connectivity index (χ1v) is 14.1. The zero-order valence-electron chi connectivity index (χ0n) is 22.7. The van der Waals surface area contributed by atoms with Gasteiger partial charge in [0.1, 0.15) is 17.5 Å². The zero-order chi connectivity index (χ0) is 31.5. The number of pyridine rings is 1. The van der Waals surface area contributed by atoms with E-state index >= 15 is 0 Å². The summed E-state index contributed by atoms with van der Waals surface area (Å²) in [6.07, 6.45) is -8.29. The maximum atomic E-state index is 13.1. The summed E-state index contributed by atoms with van der Waals surface area (Å²) >= 11 is 12.9. The highest BCUT2D eigenvalue weighted by atomic mass is 35.5. The summed E-state index contributed by atoms with van der Waals surface area (Å²) in [5.41, 5.74) is 1.05. The Hall–Kier alpha value is -3.23. The molecule has 2 aromatic rings. The van der Waals surface area contributed by atoms with Gasteiger partial charge in [-0.25, -0.2) is 13.8 Å². The molecule has 0 spiro atoms. The van der Waals surface area contributed by atoms with Gasteiger partial charge < -0.3 is 25.8 Å². The second kappa shape index (κ2) is 13.6. The molecule has 1 fully saturated rings. The van der Waals surface area contributed by atoms with Gasteiger partial charge in [-0.1, -0.05) is 29.3 Å². The van der Waals surface area contributed by atoms with Gasteiger partial charge in [0.05, 0.1) is 21.7 Å². The van der Waals surface area contributed by atoms with Gasteiger partial charge in [0.2, 0.25) is 11.8 Å². The van der Waals surface area contributed by atoms with Gasteiger partial charge in [-0.2, -0.15) is 18.2 Å². The lowest BCUT2D eigenvalue weighted by atomic mass is 9.85. The Morgan fingerprint density at radius 3 is 2.49 bits per heavy atom. The van der Waals surface area contributed by atoms with Crippen LogP contribution in [0.2, 0.25) is 10.0 Å². The first-order valence-electron chi connectivity index (χ1n) is 13.3. The standard InChI is InChI=1S/C27H28Cl2F5N5O4/c1-12(40)24(41)35-10-13-2-7-18(28)22(21(13)29)37-20-9-14-8-17(26(39-23(14)38-20)43-11-19(30)31)25(42)36-16-5-3-15(4-6-16)27(32,33)34/h2,7-8,12,15-16,19,40H,3-6,9-11H2,1H3,(H,35,41)(H,36,42)(H,37,38,39)/t12-,15?,16?/m0/s1. The predicted octanol–water partition coefficient (Wildman–Crippen LogP) is 5.58. The lowest BCUT2D eigenvalue weighted by molar-refractivity contribution is -0.182. The first kappa shape index (κ1) is 32.7. The van der Waals surface area contributed by atoms with Crippen LogP contribution in [0.3, 0.4) is 0 Å². The topological polar surface area (TPSA) is 125 Å². The summed E-state index contributed by atoms with van der Waals surface area (Å²) < 4.78 is 70.1. The van der Waals surface area contributed by atoms with Gasteiger partial charge in [-0.05, 0) is 50.3 Å². The number of aliphatic hydroxyl groups excluding tert-OH is 1. The van der Waals surface area contributed by atoms with Crippen LogP contribution in [0.4, 0.5) is 33.5 Å². The van der Waals surface area contributed by atoms with Crippen LogP contribution in [0, 0.1) is 5.92 Å². The van der Waals surface area contributed by atoms with Crippen molar-refractivity contribution in [1.82, 2.24) is 15.6 Å². The fourth-order valence-electron chi connectivity index (χ4n) is 4.74. The van der Waals surface area contributed by atoms with Gasteiger partial charge >= 0.3 is 6.18 Å². The van der Waals surface area contributed by atoms with Gasteiger partial charge in [-0.3, -0.25) is 9.59 Å². The summed E-state index contributed by atoms with van der Waals surface area (Å²) in [5.74, 6) is -2.73. The molecule has 1 aliphatic carbocycles. The van der Waals surface area contributed by atoms with Crippen molar-refractivity contribution in [2.45, 2.75) is 70.3 Å². The number of benzene rings is 1. The first-order chi connectivity index (χ1) is 20.2. The van der Waals surface area contributed by atoms with Crippen LogP contribution in [-0.4, -0.2) is 59.1 Å². The molecule has 0 saturated heterocycles. The van der Waals surface area contributed by atoms with Crippen LogP contribution in [0.5, 0.6) is 5.88 Å². The highest BCUT2D eigenvalue weighted by Crippen LogP contribution is 2.38. The molecule has 0 bridgehead atoms. The maximum Gasteiger partial charge on any atom is 0.391 e. The van der Waals surface area contributed by atoms with Crippen LogP contribution in [0.1, 0.15) is 54.1 Å². The molecule has 0 unspecified atom stereocenters. The Labute approximate surface area is 253 Å². The average molecular weight is 652 g/mol. The zero-order valence-corrected chi connectivity index (χ0v) is 24.2. The summed E-state index contributed by atoms with van der Waals surface area (Å²) in [6, 6.07) is 4.00. The number of aliphatic imine (C=N–C) groups is 1. The number of ether oxygens (including phenoxy) is 1. The number of hydrogen-bond acceptors (Lipinski definition) is 7. The highest BCUT2D eigenvalue weighted by Gasteiger charge is 2.41. The van der Waals surface area contributed by atoms with Crippen molar-refractivity contribution in [1.29, 1.82) is 0 Å². The number of hydrogen-bond donors (Lipinski definition) is 4. The lowest BCUT2D eigenvalue weighted by Crippen LogP contribution is -2.40. The number of aromatic nitrogens is 1. The number of alkyl halides is 5. The molecule has 1 aromatic carbocycles. The van der Waals surface area contributed by atoms with Crippen LogP contribution < -0.4 is 20.7 Å². The molecule has 43 heavy (non-hydrogen) atoms. The number of anilines is 1. The van der Waals surface area contributed by atoms with E-state index in [4.69, 9.17) is 27.9 Å². The number of halogens is 7. The van der Waals surface area contributed by atoms with Crippen molar-refractivity contribution in [2.24, 2.45) is 10.9 Å². The SMILES string of the molecule is C[C@H](O)C(=O)NCc1ccc(Cl)c(NC2=Nc3nc(OCC(F)F)c(C(=O)NC4CCC(C(F)(F)F)CC4)cc3C2)c1Cl. The molecule has 2 amide bonds. The van der Waals surface area contributed by atoms with E-state index in [0.29, 0.717) is 17.0 Å². The number of amidine groups is 1. The molecule has 4 rings (SSSR count). The van der Waals surface area contributed by atoms with Gasteiger partial charge in [-0.15, -0.1) is 0 Å². The molecule has 1 saturated carbocycles. The van der Waals surface area contributed by atoms with Crippen molar-refractivity contribution < 1.29 is 41.4 Å². The summed E-state index contributed by atoms with van der Waals surface area (Å²) in [7, 11) is 0. The van der Waals surface area contributed by atoms with Crippen LogP contribution in [0.15, 0.2) is 23.2 Å². The Kier molecular flexibility index (Phi) is 10.3. The van der Waals surface area contributed by atoms with Crippen LogP contribution in [0.25, 0.3) is 0 Å². The normalized spacial score (nSPS) is 19.0. The Morgan fingerprint density at radius 1 is 1.16 bits per heavy atom. The third-order valence-corrected chi connectivity index (χ3v) is 7.78. The number of amides is 2. The van der Waals surface area contributed by atoms with E-state index in [1.807, 2.05) is 0 Å². The minimum absolute atomic E-state index is 0.00381. The van der Waals surface area contributed by atoms with Crippen molar-refractivity contribution in [3.63, 3.8) is 0 Å². The minimum Gasteiger partial charge on any atom is -0.471 e. The number of rotatable bonds is 9. The number of nitrogens with zero attached hydrogens (tertiary/aromatic N) is 2. The van der Waals surface area contributed by atoms with Crippen molar-refractivity contribution in [3.05, 3.63) is 44.9 Å². The van der Waals surface area contributed by atoms with E-state index in [2.05, 4.69) is 25.9 Å². The molecule has 1 aliphatic heterocycles. The molecular weight excluding hydrogens is 624 g/mol. The molecule has 9 nitrogen and oxygen atoms in total. The molecule has 2 aliphatic rings. The summed E-state index contributed by atoms with van der Waals surface area (Å²) in [6.45, 7) is 0.280. The van der Waals surface area contributed by atoms with Crippen LogP contribution in [-0.2, 0) is 17.8 Å². The molecule has 16 heteroatoms. The Morgan fingerprint density at radius 2 is 1.86 bits per heavy atom. The number of nitrogens with one attached hydrogen (secondary N) is 3. The van der Waals surface area contributed by atoms with Crippen molar-refractivity contribution in [2.75, 3.05) is 11.9 Å². The second-order valence-electron chi connectivity index (χ2n) is 10.2. The molecule has 1 atom stereocenters. The number of carbonyl (C=O) groups excluding carboxylic acids is 2. The Balaban J connectivity index is 1.51. The minimum atomic E-state index is -4.30. The molecule has 1 aromatic heterocycles. The van der Waals surface area contributed by atoms with Crippen molar-refractivity contribution in [3.8, 4) is 5.88 Å². The van der Waals surface area contributed by atoms with E-state index in [-0.39, 0.29) is 65.8 Å². The van der Waals surface area contributed by atoms with E-state index in [9.17, 15) is 36.6 Å². The monoisotopic (exact) mass is 651 g/mol. The molecular formula is C27H28Cl2F5N5O4. The highest BCUT2D eigenvalue weighted by molar-refractivity contribution is 6.40. The number of carbonyl (C=O) groups is 2. The molecule has 2 heterocycles. The fraction of sp³-hybridized carbons (Fsp3) is 0.481.